The molecule has 0 aliphatic rings. The van der Waals surface area contributed by atoms with Gasteiger partial charge in [0.2, 0.25) is 0 Å². The highest BCUT2D eigenvalue weighted by Gasteiger charge is 2.13. The van der Waals surface area contributed by atoms with Gasteiger partial charge in [-0.1, -0.05) is 0 Å². The summed E-state index contributed by atoms with van der Waals surface area (Å²) in [7, 11) is 0. The largest absolute Gasteiger partial charge is 0.478 e. The van der Waals surface area contributed by atoms with Crippen molar-refractivity contribution >= 4 is 5.97 Å². The number of carboxylic acid groups (broad SMARTS) is 1. The average molecular weight is 264 g/mol. The summed E-state index contributed by atoms with van der Waals surface area (Å²) in [5.74, 6) is -2.14. The van der Waals surface area contributed by atoms with Crippen molar-refractivity contribution in [3.8, 4) is 5.69 Å². The van der Waals surface area contributed by atoms with E-state index in [1.165, 1.54) is 6.92 Å². The molecule has 98 valence electrons. The second-order valence-electron chi connectivity index (χ2n) is 3.90. The molecule has 7 heteroatoms. The van der Waals surface area contributed by atoms with E-state index in [2.05, 4.69) is 4.98 Å². The fourth-order valence-electron chi connectivity index (χ4n) is 1.66. The highest BCUT2D eigenvalue weighted by molar-refractivity contribution is 5.88. The van der Waals surface area contributed by atoms with Crippen LogP contribution in [0.15, 0.2) is 33.9 Å². The molecule has 6 nitrogen and oxygen atoms in total. The van der Waals surface area contributed by atoms with E-state index in [1.54, 1.807) is 0 Å². The summed E-state index contributed by atoms with van der Waals surface area (Å²) in [6.07, 6.45) is 0. The number of benzene rings is 1. The van der Waals surface area contributed by atoms with Crippen molar-refractivity contribution in [2.24, 2.45) is 0 Å². The number of hydrogen-bond acceptors (Lipinski definition) is 3. The minimum Gasteiger partial charge on any atom is -0.478 e. The van der Waals surface area contributed by atoms with E-state index in [0.717, 1.165) is 24.3 Å². The van der Waals surface area contributed by atoms with Crippen molar-refractivity contribution in [1.82, 2.24) is 9.55 Å². The molecule has 2 aromatic rings. The number of hydrogen-bond donors (Lipinski definition) is 2. The lowest BCUT2D eigenvalue weighted by Gasteiger charge is -2.07. The second kappa shape index (κ2) is 4.52. The van der Waals surface area contributed by atoms with Gasteiger partial charge < -0.3 is 10.1 Å². The Hall–Kier alpha value is -2.70. The van der Waals surface area contributed by atoms with Crippen LogP contribution in [0.2, 0.25) is 0 Å². The molecule has 1 aromatic carbocycles. The molecule has 1 heterocycles. The third kappa shape index (κ3) is 2.30. The summed E-state index contributed by atoms with van der Waals surface area (Å²) < 4.78 is 14.2. The van der Waals surface area contributed by atoms with Gasteiger partial charge >= 0.3 is 11.7 Å². The first-order chi connectivity index (χ1) is 8.90. The van der Waals surface area contributed by atoms with E-state index in [0.29, 0.717) is 10.3 Å². The molecule has 0 saturated heterocycles. The zero-order valence-corrected chi connectivity index (χ0v) is 9.81. The number of aromatic nitrogens is 2. The molecule has 1 aromatic heterocycles. The molecule has 0 saturated carbocycles. The van der Waals surface area contributed by atoms with Crippen LogP contribution >= 0.6 is 0 Å². The molecule has 0 radical (unpaired) electrons. The number of aromatic carboxylic acids is 1. The molecule has 19 heavy (non-hydrogen) atoms. The lowest BCUT2D eigenvalue weighted by Crippen LogP contribution is -2.34. The van der Waals surface area contributed by atoms with E-state index in [1.807, 2.05) is 0 Å². The van der Waals surface area contributed by atoms with Crippen molar-refractivity contribution in [3.63, 3.8) is 0 Å². The molecule has 2 N–H and O–H groups in total. The number of rotatable bonds is 2. The van der Waals surface area contributed by atoms with Crippen LogP contribution in [-0.2, 0) is 0 Å². The van der Waals surface area contributed by atoms with Gasteiger partial charge in [-0.05, 0) is 25.1 Å². The van der Waals surface area contributed by atoms with Gasteiger partial charge in [0.05, 0.1) is 11.3 Å². The van der Waals surface area contributed by atoms with Crippen LogP contribution in [0, 0.1) is 12.7 Å². The van der Waals surface area contributed by atoms with Gasteiger partial charge in [-0.25, -0.2) is 18.5 Å². The first kappa shape index (κ1) is 12.7. The summed E-state index contributed by atoms with van der Waals surface area (Å²) in [5.41, 5.74) is -1.84. The molecular formula is C12H9FN2O4. The topological polar surface area (TPSA) is 92.2 Å². The number of nitrogens with zero attached hydrogens (tertiary/aromatic N) is 1. The van der Waals surface area contributed by atoms with Gasteiger partial charge in [-0.15, -0.1) is 0 Å². The maximum absolute atomic E-state index is 13.7. The van der Waals surface area contributed by atoms with Crippen LogP contribution in [0.1, 0.15) is 16.1 Å². The third-order valence-electron chi connectivity index (χ3n) is 2.50. The van der Waals surface area contributed by atoms with Crippen LogP contribution in [0.5, 0.6) is 0 Å². The monoisotopic (exact) mass is 264 g/mol. The van der Waals surface area contributed by atoms with Gasteiger partial charge in [0.25, 0.3) is 5.56 Å². The Morgan fingerprint density at radius 1 is 1.32 bits per heavy atom. The van der Waals surface area contributed by atoms with Crippen molar-refractivity contribution in [3.05, 3.63) is 62.2 Å². The molecular weight excluding hydrogens is 255 g/mol. The standard InChI is InChI=1S/C12H9FN2O4/c1-6-4-10(16)15(12(19)14-6)9-5-7(11(17)18)2-3-8(9)13/h2-5H,1H3,(H,14,19)(H,17,18). The quantitative estimate of drug-likeness (QED) is 0.833. The average Bonchev–Trinajstić information content (AvgIpc) is 2.29. The lowest BCUT2D eigenvalue weighted by atomic mass is 10.2. The molecule has 0 unspecified atom stereocenters. The molecule has 0 fully saturated rings. The van der Waals surface area contributed by atoms with Gasteiger partial charge in [0.1, 0.15) is 5.82 Å². The van der Waals surface area contributed by atoms with Crippen molar-refractivity contribution in [2.45, 2.75) is 6.92 Å². The first-order valence-electron chi connectivity index (χ1n) is 5.26. The van der Waals surface area contributed by atoms with Gasteiger partial charge in [-0.3, -0.25) is 4.79 Å². The zero-order chi connectivity index (χ0) is 14.2. The highest BCUT2D eigenvalue weighted by Crippen LogP contribution is 2.12. The predicted octanol–water partition coefficient (Wildman–Crippen LogP) is 0.672. The van der Waals surface area contributed by atoms with Crippen LogP contribution < -0.4 is 11.2 Å². The van der Waals surface area contributed by atoms with Gasteiger partial charge in [-0.2, -0.15) is 0 Å². The summed E-state index contributed by atoms with van der Waals surface area (Å²) in [5, 5.41) is 8.83. The smallest absolute Gasteiger partial charge is 0.335 e. The van der Waals surface area contributed by atoms with Crippen molar-refractivity contribution < 1.29 is 14.3 Å². The summed E-state index contributed by atoms with van der Waals surface area (Å²) in [6.45, 7) is 1.51. The molecule has 0 aliphatic carbocycles. The Bertz CT molecular complexity index is 745. The Morgan fingerprint density at radius 3 is 2.58 bits per heavy atom. The fourth-order valence-corrected chi connectivity index (χ4v) is 1.66. The van der Waals surface area contributed by atoms with Crippen molar-refractivity contribution in [1.29, 1.82) is 0 Å². The number of carboxylic acids is 1. The molecule has 0 spiro atoms. The third-order valence-corrected chi connectivity index (χ3v) is 2.50. The summed E-state index contributed by atoms with van der Waals surface area (Å²) in [4.78, 5) is 36.6. The maximum atomic E-state index is 13.7. The van der Waals surface area contributed by atoms with E-state index >= 15 is 0 Å². The van der Waals surface area contributed by atoms with Crippen molar-refractivity contribution in [2.75, 3.05) is 0 Å². The second-order valence-corrected chi connectivity index (χ2v) is 3.90. The summed E-state index contributed by atoms with van der Waals surface area (Å²) >= 11 is 0. The molecule has 2 rings (SSSR count). The Kier molecular flexibility index (Phi) is 3.04. The minimum atomic E-state index is -1.28. The van der Waals surface area contributed by atoms with Crippen LogP contribution in [0.3, 0.4) is 0 Å². The molecule has 0 amide bonds. The SMILES string of the molecule is Cc1cc(=O)n(-c2cc(C(=O)O)ccc2F)c(=O)[nH]1. The lowest BCUT2D eigenvalue weighted by molar-refractivity contribution is 0.0697. The normalized spacial score (nSPS) is 10.4. The van der Waals surface area contributed by atoms with E-state index in [-0.39, 0.29) is 5.56 Å². The van der Waals surface area contributed by atoms with Crippen LogP contribution in [0.4, 0.5) is 4.39 Å². The first-order valence-corrected chi connectivity index (χ1v) is 5.26. The fraction of sp³-hybridized carbons (Fsp3) is 0.0833. The number of aromatic amines is 1. The van der Waals surface area contributed by atoms with Gasteiger partial charge in [0.15, 0.2) is 0 Å². The minimum absolute atomic E-state index is 0.219. The van der Waals surface area contributed by atoms with E-state index in [9.17, 15) is 18.8 Å². The number of H-pyrrole nitrogens is 1. The Balaban J connectivity index is 2.79. The Morgan fingerprint density at radius 2 is 2.00 bits per heavy atom. The highest BCUT2D eigenvalue weighted by atomic mass is 19.1. The van der Waals surface area contributed by atoms with Gasteiger partial charge in [0, 0.05) is 11.8 Å². The maximum Gasteiger partial charge on any atom is 0.335 e. The van der Waals surface area contributed by atoms with Crippen LogP contribution in [0.25, 0.3) is 5.69 Å². The Labute approximate surface area is 105 Å². The molecule has 0 bridgehead atoms. The molecule has 0 atom stereocenters. The predicted molar refractivity (Wildman–Crippen MR) is 64.3 cm³/mol. The van der Waals surface area contributed by atoms with E-state index in [4.69, 9.17) is 5.11 Å². The number of nitrogens with one attached hydrogen (secondary N) is 1. The number of aryl methyl sites for hydroxylation is 1. The number of halogens is 1. The number of carbonyl (C=O) groups is 1. The van der Waals surface area contributed by atoms with E-state index < -0.39 is 28.7 Å². The van der Waals surface area contributed by atoms with Crippen LogP contribution in [-0.4, -0.2) is 20.6 Å². The summed E-state index contributed by atoms with van der Waals surface area (Å²) in [6, 6.07) is 4.00. The zero-order valence-electron chi connectivity index (χ0n) is 9.81. The molecule has 0 aliphatic heterocycles.